The number of anilines is 1. The van der Waals surface area contributed by atoms with Gasteiger partial charge in [-0.2, -0.15) is 0 Å². The number of para-hydroxylation sites is 2. The van der Waals surface area contributed by atoms with Crippen molar-refractivity contribution < 1.29 is 14.3 Å². The Bertz CT molecular complexity index is 1620. The van der Waals surface area contributed by atoms with E-state index < -0.39 is 23.8 Å². The maximum Gasteiger partial charge on any atom is 0.338 e. The van der Waals surface area contributed by atoms with Crippen molar-refractivity contribution in [3.8, 4) is 5.69 Å². The molecule has 0 fully saturated rings. The molecule has 0 unspecified atom stereocenters. The van der Waals surface area contributed by atoms with E-state index in [-0.39, 0.29) is 22.5 Å². The van der Waals surface area contributed by atoms with Crippen molar-refractivity contribution in [2.45, 2.75) is 26.3 Å². The van der Waals surface area contributed by atoms with Gasteiger partial charge in [-0.1, -0.05) is 36.4 Å². The molecular formula is C27H24N4O5. The van der Waals surface area contributed by atoms with Crippen LogP contribution in [0.4, 0.5) is 5.69 Å². The SMILES string of the molecule is COC(=O)c1cc(C)nc2c1c(=O)n(CC(=O)N1CCCc3ccccc31)c(=O)n2-c1ccccc1. The van der Waals surface area contributed by atoms with E-state index in [4.69, 9.17) is 4.74 Å². The molecule has 0 radical (unpaired) electrons. The van der Waals surface area contributed by atoms with Gasteiger partial charge in [0.15, 0.2) is 5.65 Å². The molecule has 1 amide bonds. The molecule has 1 aliphatic heterocycles. The third-order valence-corrected chi connectivity index (χ3v) is 6.35. The quantitative estimate of drug-likeness (QED) is 0.413. The number of fused-ring (bicyclic) bond motifs is 2. The number of carbonyl (C=O) groups excluding carboxylic acids is 2. The highest BCUT2D eigenvalue weighted by molar-refractivity contribution is 6.02. The van der Waals surface area contributed by atoms with Crippen LogP contribution in [-0.4, -0.2) is 39.6 Å². The van der Waals surface area contributed by atoms with Crippen LogP contribution < -0.4 is 16.1 Å². The van der Waals surface area contributed by atoms with E-state index in [9.17, 15) is 19.2 Å². The number of aromatic nitrogens is 3. The Hall–Kier alpha value is -4.53. The van der Waals surface area contributed by atoms with E-state index in [1.807, 2.05) is 24.3 Å². The van der Waals surface area contributed by atoms with Gasteiger partial charge in [-0.3, -0.25) is 9.59 Å². The van der Waals surface area contributed by atoms with Crippen molar-refractivity contribution >= 4 is 28.6 Å². The zero-order valence-electron chi connectivity index (χ0n) is 19.9. The van der Waals surface area contributed by atoms with Gasteiger partial charge in [-0.05, 0) is 49.6 Å². The summed E-state index contributed by atoms with van der Waals surface area (Å²) < 4.78 is 7.04. The molecule has 5 rings (SSSR count). The van der Waals surface area contributed by atoms with Gasteiger partial charge in [0.25, 0.3) is 5.56 Å². The summed E-state index contributed by atoms with van der Waals surface area (Å²) in [7, 11) is 1.22. The Kier molecular flexibility index (Phi) is 5.97. The molecule has 0 bridgehead atoms. The Balaban J connectivity index is 1.74. The summed E-state index contributed by atoms with van der Waals surface area (Å²) in [5, 5.41) is -0.0808. The largest absolute Gasteiger partial charge is 0.465 e. The summed E-state index contributed by atoms with van der Waals surface area (Å²) in [5.41, 5.74) is 1.23. The number of aryl methyl sites for hydroxylation is 2. The Morgan fingerprint density at radius 1 is 1.03 bits per heavy atom. The molecular weight excluding hydrogens is 460 g/mol. The highest BCUT2D eigenvalue weighted by atomic mass is 16.5. The minimum absolute atomic E-state index is 0.0146. The first kappa shape index (κ1) is 23.2. The first-order valence-corrected chi connectivity index (χ1v) is 11.6. The molecule has 0 N–H and O–H groups in total. The van der Waals surface area contributed by atoms with Crippen molar-refractivity contribution in [2.24, 2.45) is 0 Å². The van der Waals surface area contributed by atoms with E-state index in [1.54, 1.807) is 42.2 Å². The second-order valence-corrected chi connectivity index (χ2v) is 8.62. The Morgan fingerprint density at radius 3 is 2.50 bits per heavy atom. The Morgan fingerprint density at radius 2 is 1.75 bits per heavy atom. The summed E-state index contributed by atoms with van der Waals surface area (Å²) in [6.07, 6.45) is 1.63. The zero-order chi connectivity index (χ0) is 25.4. The first-order valence-electron chi connectivity index (χ1n) is 11.6. The molecule has 36 heavy (non-hydrogen) atoms. The number of pyridine rings is 1. The summed E-state index contributed by atoms with van der Waals surface area (Å²) in [6, 6.07) is 17.7. The highest BCUT2D eigenvalue weighted by Crippen LogP contribution is 2.27. The number of nitrogens with zero attached hydrogens (tertiary/aromatic N) is 4. The third kappa shape index (κ3) is 3.88. The molecule has 0 aliphatic carbocycles. The van der Waals surface area contributed by atoms with Crippen LogP contribution in [0, 0.1) is 6.92 Å². The molecule has 1 aliphatic rings. The lowest BCUT2D eigenvalue weighted by molar-refractivity contribution is -0.119. The number of rotatable bonds is 4. The minimum Gasteiger partial charge on any atom is -0.465 e. The number of esters is 1. The fourth-order valence-electron chi connectivity index (χ4n) is 4.70. The predicted molar refractivity (Wildman–Crippen MR) is 135 cm³/mol. The van der Waals surface area contributed by atoms with Crippen LogP contribution in [-0.2, 0) is 22.5 Å². The van der Waals surface area contributed by atoms with E-state index in [0.29, 0.717) is 17.9 Å². The number of ether oxygens (including phenoxy) is 1. The molecule has 4 aromatic rings. The number of hydrogen-bond donors (Lipinski definition) is 0. The smallest absolute Gasteiger partial charge is 0.338 e. The average Bonchev–Trinajstić information content (AvgIpc) is 2.90. The molecule has 0 saturated heterocycles. The average molecular weight is 485 g/mol. The summed E-state index contributed by atoms with van der Waals surface area (Å²) in [6.45, 7) is 1.66. The third-order valence-electron chi connectivity index (χ3n) is 6.35. The van der Waals surface area contributed by atoms with Gasteiger partial charge in [0, 0.05) is 17.9 Å². The number of methoxy groups -OCH3 is 1. The Labute approximate surface area is 206 Å². The van der Waals surface area contributed by atoms with Crippen molar-refractivity contribution in [3.05, 3.63) is 98.3 Å². The van der Waals surface area contributed by atoms with Gasteiger partial charge in [-0.15, -0.1) is 0 Å². The lowest BCUT2D eigenvalue weighted by atomic mass is 10.0. The molecule has 9 nitrogen and oxygen atoms in total. The lowest BCUT2D eigenvalue weighted by Crippen LogP contribution is -2.46. The normalized spacial score (nSPS) is 12.9. The van der Waals surface area contributed by atoms with Crippen LogP contribution in [0.1, 0.15) is 28.0 Å². The maximum absolute atomic E-state index is 13.7. The molecule has 0 spiro atoms. The van der Waals surface area contributed by atoms with Crippen molar-refractivity contribution in [1.82, 2.24) is 14.1 Å². The number of carbonyl (C=O) groups is 2. The number of benzene rings is 2. The fourth-order valence-corrected chi connectivity index (χ4v) is 4.70. The topological polar surface area (TPSA) is 104 Å². The van der Waals surface area contributed by atoms with Crippen LogP contribution in [0.3, 0.4) is 0 Å². The lowest BCUT2D eigenvalue weighted by Gasteiger charge is -2.29. The first-order chi connectivity index (χ1) is 17.4. The van der Waals surface area contributed by atoms with Gasteiger partial charge >= 0.3 is 11.7 Å². The summed E-state index contributed by atoms with van der Waals surface area (Å²) in [4.78, 5) is 59.5. The van der Waals surface area contributed by atoms with Crippen molar-refractivity contribution in [3.63, 3.8) is 0 Å². The summed E-state index contributed by atoms with van der Waals surface area (Å²) in [5.74, 6) is -1.12. The second kappa shape index (κ2) is 9.26. The zero-order valence-corrected chi connectivity index (χ0v) is 19.9. The summed E-state index contributed by atoms with van der Waals surface area (Å²) >= 11 is 0. The molecule has 2 aromatic heterocycles. The van der Waals surface area contributed by atoms with Gasteiger partial charge < -0.3 is 9.64 Å². The predicted octanol–water partition coefficient (Wildman–Crippen LogP) is 2.62. The molecule has 2 aromatic carbocycles. The van der Waals surface area contributed by atoms with Crippen molar-refractivity contribution in [1.29, 1.82) is 0 Å². The van der Waals surface area contributed by atoms with Crippen LogP contribution in [0.2, 0.25) is 0 Å². The number of hydrogen-bond acceptors (Lipinski definition) is 6. The minimum atomic E-state index is -0.770. The van der Waals surface area contributed by atoms with Gasteiger partial charge in [0.05, 0.1) is 23.7 Å². The van der Waals surface area contributed by atoms with Gasteiger partial charge in [-0.25, -0.2) is 23.7 Å². The van der Waals surface area contributed by atoms with E-state index in [0.717, 1.165) is 28.7 Å². The van der Waals surface area contributed by atoms with E-state index in [2.05, 4.69) is 4.98 Å². The van der Waals surface area contributed by atoms with Crippen LogP contribution >= 0.6 is 0 Å². The molecule has 9 heteroatoms. The van der Waals surface area contributed by atoms with Crippen LogP contribution in [0.5, 0.6) is 0 Å². The second-order valence-electron chi connectivity index (χ2n) is 8.62. The van der Waals surface area contributed by atoms with Gasteiger partial charge in [0.1, 0.15) is 6.54 Å². The highest BCUT2D eigenvalue weighted by Gasteiger charge is 2.27. The van der Waals surface area contributed by atoms with Crippen LogP contribution in [0.15, 0.2) is 70.3 Å². The monoisotopic (exact) mass is 484 g/mol. The van der Waals surface area contributed by atoms with Gasteiger partial charge in [0.2, 0.25) is 5.91 Å². The molecule has 0 atom stereocenters. The molecule has 3 heterocycles. The maximum atomic E-state index is 13.7. The standard InChI is InChI=1S/C27H24N4O5/c1-17-15-20(26(34)36-2)23-24(28-17)31(19-11-4-3-5-12-19)27(35)30(25(23)33)16-22(32)29-14-8-10-18-9-6-7-13-21(18)29/h3-7,9,11-13,15H,8,10,14,16H2,1-2H3. The molecule has 182 valence electrons. The van der Waals surface area contributed by atoms with E-state index in [1.165, 1.54) is 17.7 Å². The number of amides is 1. The fraction of sp³-hybridized carbons (Fsp3) is 0.222. The van der Waals surface area contributed by atoms with E-state index >= 15 is 0 Å². The molecule has 0 saturated carbocycles. The van der Waals surface area contributed by atoms with Crippen molar-refractivity contribution in [2.75, 3.05) is 18.6 Å². The van der Waals surface area contributed by atoms with Crippen LogP contribution in [0.25, 0.3) is 16.7 Å².